The number of carbonyl (C=O) groups excluding carboxylic acids is 1. The fourth-order valence-electron chi connectivity index (χ4n) is 2.37. The number of nitrogens with zero attached hydrogens (tertiary/aromatic N) is 2. The molecular formula is C18H16ClN3O. The zero-order chi connectivity index (χ0) is 16.2. The zero-order valence-corrected chi connectivity index (χ0v) is 13.4. The summed E-state index contributed by atoms with van der Waals surface area (Å²) in [6.45, 7) is 0.464. The monoisotopic (exact) mass is 325 g/mol. The van der Waals surface area contributed by atoms with Crippen LogP contribution in [0.25, 0.3) is 11.1 Å². The lowest BCUT2D eigenvalue weighted by molar-refractivity contribution is 0.0943. The molecule has 2 aromatic heterocycles. The van der Waals surface area contributed by atoms with Crippen LogP contribution in [0.1, 0.15) is 16.1 Å². The maximum atomic E-state index is 12.4. The zero-order valence-electron chi connectivity index (χ0n) is 12.7. The number of pyridine rings is 1. The van der Waals surface area contributed by atoms with Crippen molar-refractivity contribution in [1.29, 1.82) is 0 Å². The Labute approximate surface area is 139 Å². The van der Waals surface area contributed by atoms with Gasteiger partial charge in [-0.25, -0.2) is 0 Å². The second-order valence-electron chi connectivity index (χ2n) is 5.27. The molecule has 2 heterocycles. The Bertz CT molecular complexity index is 810. The molecule has 116 valence electrons. The van der Waals surface area contributed by atoms with Crippen LogP contribution in [0, 0.1) is 0 Å². The van der Waals surface area contributed by atoms with Crippen molar-refractivity contribution in [2.24, 2.45) is 7.05 Å². The highest BCUT2D eigenvalue weighted by Gasteiger charge is 2.12. The molecule has 0 aliphatic rings. The SMILES string of the molecule is Cn1cc(-c2ccncc2)cc1C(=O)NCc1ccc(Cl)cc1. The summed E-state index contributed by atoms with van der Waals surface area (Å²) >= 11 is 5.86. The summed E-state index contributed by atoms with van der Waals surface area (Å²) in [5.74, 6) is -0.109. The topological polar surface area (TPSA) is 46.9 Å². The van der Waals surface area contributed by atoms with Gasteiger partial charge < -0.3 is 9.88 Å². The molecule has 1 amide bonds. The molecule has 3 rings (SSSR count). The standard InChI is InChI=1S/C18H16ClN3O/c1-22-12-15(14-6-8-20-9-7-14)10-17(22)18(23)21-11-13-2-4-16(19)5-3-13/h2-10,12H,11H2,1H3,(H,21,23). The second-order valence-corrected chi connectivity index (χ2v) is 5.71. The average molecular weight is 326 g/mol. The lowest BCUT2D eigenvalue weighted by Gasteiger charge is -2.06. The summed E-state index contributed by atoms with van der Waals surface area (Å²) in [4.78, 5) is 16.4. The van der Waals surface area contributed by atoms with Crippen LogP contribution in [-0.4, -0.2) is 15.5 Å². The van der Waals surface area contributed by atoms with E-state index in [1.54, 1.807) is 12.4 Å². The summed E-state index contributed by atoms with van der Waals surface area (Å²) in [6.07, 6.45) is 5.41. The minimum atomic E-state index is -0.109. The van der Waals surface area contributed by atoms with Gasteiger partial charge in [-0.3, -0.25) is 9.78 Å². The summed E-state index contributed by atoms with van der Waals surface area (Å²) in [7, 11) is 1.86. The van der Waals surface area contributed by atoms with Gasteiger partial charge in [0.15, 0.2) is 0 Å². The molecule has 5 heteroatoms. The number of benzene rings is 1. The predicted molar refractivity (Wildman–Crippen MR) is 91.3 cm³/mol. The summed E-state index contributed by atoms with van der Waals surface area (Å²) in [6, 6.07) is 13.1. The average Bonchev–Trinajstić information content (AvgIpc) is 2.97. The van der Waals surface area contributed by atoms with Gasteiger partial charge in [-0.15, -0.1) is 0 Å². The van der Waals surface area contributed by atoms with Gasteiger partial charge in [0.2, 0.25) is 0 Å². The van der Waals surface area contributed by atoms with Crippen LogP contribution < -0.4 is 5.32 Å². The third-order valence-electron chi connectivity index (χ3n) is 3.62. The van der Waals surface area contributed by atoms with Crippen molar-refractivity contribution < 1.29 is 4.79 Å². The number of halogens is 1. The fraction of sp³-hybridized carbons (Fsp3) is 0.111. The van der Waals surface area contributed by atoms with E-state index in [4.69, 9.17) is 11.6 Å². The molecule has 0 aliphatic carbocycles. The number of nitrogens with one attached hydrogen (secondary N) is 1. The van der Waals surface area contributed by atoms with Crippen LogP contribution in [0.3, 0.4) is 0 Å². The van der Waals surface area contributed by atoms with Crippen LogP contribution in [0.4, 0.5) is 0 Å². The Morgan fingerprint density at radius 3 is 2.52 bits per heavy atom. The first-order valence-electron chi connectivity index (χ1n) is 7.23. The summed E-state index contributed by atoms with van der Waals surface area (Å²) < 4.78 is 1.83. The number of hydrogen-bond donors (Lipinski definition) is 1. The minimum Gasteiger partial charge on any atom is -0.347 e. The van der Waals surface area contributed by atoms with E-state index in [9.17, 15) is 4.79 Å². The van der Waals surface area contributed by atoms with Crippen molar-refractivity contribution in [2.75, 3.05) is 0 Å². The van der Waals surface area contributed by atoms with E-state index in [1.807, 2.05) is 60.3 Å². The van der Waals surface area contributed by atoms with Crippen LogP contribution in [0.5, 0.6) is 0 Å². The highest BCUT2D eigenvalue weighted by atomic mass is 35.5. The van der Waals surface area contributed by atoms with Crippen molar-refractivity contribution in [1.82, 2.24) is 14.9 Å². The maximum Gasteiger partial charge on any atom is 0.268 e. The Morgan fingerprint density at radius 1 is 1.13 bits per heavy atom. The number of carbonyl (C=O) groups is 1. The Balaban J connectivity index is 1.72. The van der Waals surface area contributed by atoms with Crippen LogP contribution >= 0.6 is 11.6 Å². The first kappa shape index (κ1) is 15.3. The second kappa shape index (κ2) is 6.67. The number of hydrogen-bond acceptors (Lipinski definition) is 2. The largest absolute Gasteiger partial charge is 0.347 e. The molecule has 3 aromatic rings. The van der Waals surface area contributed by atoms with Crippen molar-refractivity contribution >= 4 is 17.5 Å². The Morgan fingerprint density at radius 2 is 1.83 bits per heavy atom. The van der Waals surface area contributed by atoms with Gasteiger partial charge in [-0.2, -0.15) is 0 Å². The van der Waals surface area contributed by atoms with Crippen molar-refractivity contribution in [3.05, 3.63) is 77.3 Å². The van der Waals surface area contributed by atoms with Crippen molar-refractivity contribution in [2.45, 2.75) is 6.54 Å². The molecule has 0 fully saturated rings. The molecule has 0 unspecified atom stereocenters. The Kier molecular flexibility index (Phi) is 4.44. The molecule has 0 spiro atoms. The van der Waals surface area contributed by atoms with E-state index in [1.165, 1.54) is 0 Å². The molecule has 0 bridgehead atoms. The first-order valence-corrected chi connectivity index (χ1v) is 7.61. The quantitative estimate of drug-likeness (QED) is 0.795. The molecule has 0 saturated carbocycles. The molecule has 0 atom stereocenters. The molecule has 0 saturated heterocycles. The summed E-state index contributed by atoms with van der Waals surface area (Å²) in [5.41, 5.74) is 3.65. The molecule has 1 N–H and O–H groups in total. The van der Waals surface area contributed by atoms with Crippen molar-refractivity contribution in [3.63, 3.8) is 0 Å². The predicted octanol–water partition coefficient (Wildman–Crippen LogP) is 3.67. The third-order valence-corrected chi connectivity index (χ3v) is 3.87. The van der Waals surface area contributed by atoms with E-state index in [0.717, 1.165) is 16.7 Å². The summed E-state index contributed by atoms with van der Waals surface area (Å²) in [5, 5.41) is 3.61. The van der Waals surface area contributed by atoms with E-state index >= 15 is 0 Å². The first-order chi connectivity index (χ1) is 11.1. The van der Waals surface area contributed by atoms with Gasteiger partial charge in [0.25, 0.3) is 5.91 Å². The highest BCUT2D eigenvalue weighted by molar-refractivity contribution is 6.30. The number of rotatable bonds is 4. The lowest BCUT2D eigenvalue weighted by atomic mass is 10.1. The highest BCUT2D eigenvalue weighted by Crippen LogP contribution is 2.21. The molecule has 0 radical (unpaired) electrons. The van der Waals surface area contributed by atoms with Crippen LogP contribution in [0.2, 0.25) is 5.02 Å². The molecule has 0 aliphatic heterocycles. The van der Waals surface area contributed by atoms with Gasteiger partial charge in [-0.1, -0.05) is 23.7 Å². The minimum absolute atomic E-state index is 0.109. The van der Waals surface area contributed by atoms with Crippen LogP contribution in [-0.2, 0) is 13.6 Å². The van der Waals surface area contributed by atoms with E-state index in [2.05, 4.69) is 10.3 Å². The lowest BCUT2D eigenvalue weighted by Crippen LogP contribution is -2.24. The van der Waals surface area contributed by atoms with Gasteiger partial charge >= 0.3 is 0 Å². The smallest absolute Gasteiger partial charge is 0.268 e. The normalized spacial score (nSPS) is 10.5. The van der Waals surface area contributed by atoms with Gasteiger partial charge in [-0.05, 0) is 41.5 Å². The van der Waals surface area contributed by atoms with Gasteiger partial charge in [0.1, 0.15) is 5.69 Å². The van der Waals surface area contributed by atoms with Gasteiger partial charge in [0, 0.05) is 42.8 Å². The maximum absolute atomic E-state index is 12.4. The van der Waals surface area contributed by atoms with E-state index < -0.39 is 0 Å². The Hall–Kier alpha value is -2.59. The number of amides is 1. The third kappa shape index (κ3) is 3.60. The van der Waals surface area contributed by atoms with Gasteiger partial charge in [0.05, 0.1) is 0 Å². The molecular weight excluding hydrogens is 310 g/mol. The van der Waals surface area contributed by atoms with Crippen molar-refractivity contribution in [3.8, 4) is 11.1 Å². The fourth-order valence-corrected chi connectivity index (χ4v) is 2.49. The van der Waals surface area contributed by atoms with E-state index in [0.29, 0.717) is 17.3 Å². The molecule has 1 aromatic carbocycles. The van der Waals surface area contributed by atoms with E-state index in [-0.39, 0.29) is 5.91 Å². The number of aromatic nitrogens is 2. The molecule has 23 heavy (non-hydrogen) atoms. The number of aryl methyl sites for hydroxylation is 1. The molecule has 4 nitrogen and oxygen atoms in total. The van der Waals surface area contributed by atoms with Crippen LogP contribution in [0.15, 0.2) is 61.1 Å².